The summed E-state index contributed by atoms with van der Waals surface area (Å²) in [6.45, 7) is 5.08. The smallest absolute Gasteiger partial charge is 0.171 e. The lowest BCUT2D eigenvalue weighted by atomic mass is 9.86. The topological polar surface area (TPSA) is 51.2 Å². The van der Waals surface area contributed by atoms with Crippen LogP contribution < -0.4 is 0 Å². The number of benzene rings is 1. The molecule has 0 N–H and O–H groups in total. The Morgan fingerprint density at radius 3 is 2.28 bits per heavy atom. The Balaban J connectivity index is 3.22. The lowest BCUT2D eigenvalue weighted by Gasteiger charge is -2.17. The maximum atomic E-state index is 13.6. The van der Waals surface area contributed by atoms with Gasteiger partial charge in [0.05, 0.1) is 11.3 Å². The summed E-state index contributed by atoms with van der Waals surface area (Å²) in [5, 5.41) is 0. The number of rotatable bonds is 3. The average Bonchev–Trinajstić information content (AvgIpc) is 2.16. The fraction of sp³-hybridized carbons (Fsp3) is 0.462. The van der Waals surface area contributed by atoms with Crippen molar-refractivity contribution in [3.63, 3.8) is 0 Å². The number of Topliss-reactive ketones (excluding diaryl/α,β-unsaturated/α-hetero) is 1. The minimum absolute atomic E-state index is 0.0522. The number of sulfone groups is 1. The molecule has 0 amide bonds. The van der Waals surface area contributed by atoms with Crippen LogP contribution in [0.3, 0.4) is 0 Å². The first-order valence-corrected chi connectivity index (χ1v) is 7.58. The average molecular weight is 272 g/mol. The maximum Gasteiger partial charge on any atom is 0.171 e. The van der Waals surface area contributed by atoms with E-state index in [1.54, 1.807) is 20.8 Å². The van der Waals surface area contributed by atoms with Crippen LogP contribution in [-0.2, 0) is 15.6 Å². The summed E-state index contributed by atoms with van der Waals surface area (Å²) in [5.74, 6) is -1.15. The molecule has 0 aliphatic heterocycles. The molecule has 1 aromatic carbocycles. The van der Waals surface area contributed by atoms with Crippen molar-refractivity contribution in [3.8, 4) is 0 Å². The lowest BCUT2D eigenvalue weighted by Crippen LogP contribution is -2.21. The van der Waals surface area contributed by atoms with Crippen LogP contribution in [0.1, 0.15) is 36.7 Å². The van der Waals surface area contributed by atoms with Gasteiger partial charge < -0.3 is 0 Å². The predicted molar refractivity (Wildman–Crippen MR) is 68.7 cm³/mol. The molecular formula is C13H17FO3S. The second kappa shape index (κ2) is 4.80. The number of ketones is 1. The molecule has 0 spiro atoms. The highest BCUT2D eigenvalue weighted by Crippen LogP contribution is 2.23. The van der Waals surface area contributed by atoms with Gasteiger partial charge in [-0.1, -0.05) is 26.8 Å². The van der Waals surface area contributed by atoms with Crippen molar-refractivity contribution in [2.75, 3.05) is 6.26 Å². The summed E-state index contributed by atoms with van der Waals surface area (Å²) in [6.07, 6.45) is 1.10. The van der Waals surface area contributed by atoms with Gasteiger partial charge in [-0.25, -0.2) is 12.8 Å². The third-order valence-corrected chi connectivity index (χ3v) is 3.24. The first-order chi connectivity index (χ1) is 8.00. The largest absolute Gasteiger partial charge is 0.293 e. The summed E-state index contributed by atoms with van der Waals surface area (Å²) in [7, 11) is -3.20. The predicted octanol–water partition coefficient (Wildman–Crippen LogP) is 2.60. The molecule has 0 saturated carbocycles. The van der Waals surface area contributed by atoms with E-state index < -0.39 is 21.1 Å². The van der Waals surface area contributed by atoms with Gasteiger partial charge in [0.1, 0.15) is 5.82 Å². The van der Waals surface area contributed by atoms with Crippen molar-refractivity contribution < 1.29 is 17.6 Å². The number of hydrogen-bond donors (Lipinski definition) is 0. The van der Waals surface area contributed by atoms with E-state index in [4.69, 9.17) is 0 Å². The van der Waals surface area contributed by atoms with Gasteiger partial charge in [-0.15, -0.1) is 0 Å². The fourth-order valence-corrected chi connectivity index (χ4v) is 2.33. The third-order valence-electron chi connectivity index (χ3n) is 2.39. The molecule has 0 aromatic heterocycles. The monoisotopic (exact) mass is 272 g/mol. The summed E-state index contributed by atoms with van der Waals surface area (Å²) >= 11 is 0. The van der Waals surface area contributed by atoms with E-state index in [0.29, 0.717) is 5.56 Å². The van der Waals surface area contributed by atoms with Gasteiger partial charge in [0.25, 0.3) is 0 Å². The van der Waals surface area contributed by atoms with E-state index in [0.717, 1.165) is 12.3 Å². The van der Waals surface area contributed by atoms with Gasteiger partial charge >= 0.3 is 0 Å². The molecule has 0 unspecified atom stereocenters. The quantitative estimate of drug-likeness (QED) is 0.795. The Labute approximate surface area is 107 Å². The van der Waals surface area contributed by atoms with Crippen LogP contribution in [0.4, 0.5) is 4.39 Å². The zero-order chi connectivity index (χ0) is 14.1. The first-order valence-electron chi connectivity index (χ1n) is 5.51. The van der Waals surface area contributed by atoms with Crippen molar-refractivity contribution in [3.05, 3.63) is 35.1 Å². The van der Waals surface area contributed by atoms with Crippen LogP contribution in [0.2, 0.25) is 0 Å². The lowest BCUT2D eigenvalue weighted by molar-refractivity contribution is 0.0854. The number of carbonyl (C=O) groups is 1. The molecule has 18 heavy (non-hydrogen) atoms. The van der Waals surface area contributed by atoms with E-state index in [1.165, 1.54) is 12.1 Å². The van der Waals surface area contributed by atoms with Crippen LogP contribution >= 0.6 is 0 Å². The Bertz CT molecular complexity index is 568. The highest BCUT2D eigenvalue weighted by atomic mass is 32.2. The van der Waals surface area contributed by atoms with Gasteiger partial charge in [-0.3, -0.25) is 4.79 Å². The van der Waals surface area contributed by atoms with Crippen LogP contribution in [0.5, 0.6) is 0 Å². The zero-order valence-corrected chi connectivity index (χ0v) is 11.8. The fourth-order valence-electron chi connectivity index (χ4n) is 1.54. The van der Waals surface area contributed by atoms with Crippen molar-refractivity contribution in [2.24, 2.45) is 5.41 Å². The highest BCUT2D eigenvalue weighted by Gasteiger charge is 2.25. The Kier molecular flexibility index (Phi) is 3.96. The van der Waals surface area contributed by atoms with Crippen LogP contribution in [0.15, 0.2) is 18.2 Å². The second-order valence-corrected chi connectivity index (χ2v) is 7.60. The molecule has 5 heteroatoms. The molecule has 0 atom stereocenters. The van der Waals surface area contributed by atoms with E-state index >= 15 is 0 Å². The molecule has 3 nitrogen and oxygen atoms in total. The molecule has 100 valence electrons. The molecule has 1 aromatic rings. The third kappa shape index (κ3) is 3.91. The van der Waals surface area contributed by atoms with E-state index in [2.05, 4.69) is 0 Å². The normalized spacial score (nSPS) is 12.5. The van der Waals surface area contributed by atoms with Crippen LogP contribution in [-0.4, -0.2) is 20.5 Å². The van der Waals surface area contributed by atoms with Gasteiger partial charge in [-0.05, 0) is 17.7 Å². The summed E-state index contributed by atoms with van der Waals surface area (Å²) in [4.78, 5) is 12.0. The number of halogens is 1. The summed E-state index contributed by atoms with van der Waals surface area (Å²) < 4.78 is 36.0. The SMILES string of the molecule is CC(C)(C)C(=O)c1cc(CS(C)(=O)=O)ccc1F. The number of hydrogen-bond acceptors (Lipinski definition) is 3. The summed E-state index contributed by atoms with van der Waals surface area (Å²) in [6, 6.07) is 3.85. The molecule has 0 aliphatic carbocycles. The molecule has 0 fully saturated rings. The van der Waals surface area contributed by atoms with Gasteiger partial charge in [0.2, 0.25) is 0 Å². The Hall–Kier alpha value is -1.23. The Morgan fingerprint density at radius 2 is 1.83 bits per heavy atom. The summed E-state index contributed by atoms with van der Waals surface area (Å²) in [5.41, 5.74) is -0.333. The molecular weight excluding hydrogens is 255 g/mol. The maximum absolute atomic E-state index is 13.6. The highest BCUT2D eigenvalue weighted by molar-refractivity contribution is 7.89. The van der Waals surface area contributed by atoms with E-state index in [9.17, 15) is 17.6 Å². The van der Waals surface area contributed by atoms with Crippen LogP contribution in [0, 0.1) is 11.2 Å². The minimum atomic E-state index is -3.20. The molecule has 0 radical (unpaired) electrons. The van der Waals surface area contributed by atoms with Gasteiger partial charge in [0.15, 0.2) is 15.6 Å². The van der Waals surface area contributed by atoms with E-state index in [1.807, 2.05) is 0 Å². The minimum Gasteiger partial charge on any atom is -0.293 e. The van der Waals surface area contributed by atoms with Crippen LogP contribution in [0.25, 0.3) is 0 Å². The van der Waals surface area contributed by atoms with Gasteiger partial charge in [-0.2, -0.15) is 0 Å². The standard InChI is InChI=1S/C13H17FO3S/c1-13(2,3)12(15)10-7-9(5-6-11(10)14)8-18(4,16)17/h5-7H,8H2,1-4H3. The Morgan fingerprint density at radius 1 is 1.28 bits per heavy atom. The molecule has 0 saturated heterocycles. The zero-order valence-electron chi connectivity index (χ0n) is 11.0. The molecule has 0 heterocycles. The van der Waals surface area contributed by atoms with Crippen molar-refractivity contribution in [1.82, 2.24) is 0 Å². The number of carbonyl (C=O) groups excluding carboxylic acids is 1. The molecule has 0 bridgehead atoms. The van der Waals surface area contributed by atoms with Crippen molar-refractivity contribution >= 4 is 15.6 Å². The van der Waals surface area contributed by atoms with Gasteiger partial charge in [0, 0.05) is 11.7 Å². The molecule has 1 rings (SSSR count). The molecule has 0 aliphatic rings. The van der Waals surface area contributed by atoms with Crippen molar-refractivity contribution in [1.29, 1.82) is 0 Å². The van der Waals surface area contributed by atoms with Crippen molar-refractivity contribution in [2.45, 2.75) is 26.5 Å². The van der Waals surface area contributed by atoms with E-state index in [-0.39, 0.29) is 17.1 Å². The first kappa shape index (κ1) is 14.8. The second-order valence-electron chi connectivity index (χ2n) is 5.46.